The van der Waals surface area contributed by atoms with Crippen LogP contribution in [0, 0.1) is 11.8 Å². The fourth-order valence-corrected chi connectivity index (χ4v) is 3.60. The van der Waals surface area contributed by atoms with Crippen molar-refractivity contribution in [1.29, 1.82) is 0 Å². The van der Waals surface area contributed by atoms with Crippen LogP contribution in [-0.4, -0.2) is 39.7 Å². The highest BCUT2D eigenvalue weighted by Gasteiger charge is 2.42. The second-order valence-corrected chi connectivity index (χ2v) is 5.83. The van der Waals surface area contributed by atoms with E-state index in [9.17, 15) is 4.79 Å². The number of halogens is 1. The third-order valence-corrected chi connectivity index (χ3v) is 4.73. The molecule has 1 aromatic heterocycles. The lowest BCUT2D eigenvalue weighted by atomic mass is 9.92. The summed E-state index contributed by atoms with van der Waals surface area (Å²) in [5, 5.41) is 4.22. The Labute approximate surface area is 125 Å². The van der Waals surface area contributed by atoms with Crippen LogP contribution in [0.4, 0.5) is 0 Å². The van der Waals surface area contributed by atoms with Crippen LogP contribution in [0.2, 0.25) is 0 Å². The van der Waals surface area contributed by atoms with Gasteiger partial charge < -0.3 is 10.6 Å². The smallest absolute Gasteiger partial charge is 0.247 e. The van der Waals surface area contributed by atoms with Gasteiger partial charge in [-0.2, -0.15) is 5.10 Å². The number of carbonyl (C=O) groups excluding carboxylic acids is 1. The fraction of sp³-hybridized carbons (Fsp3) is 0.714. The third kappa shape index (κ3) is 2.56. The molecule has 112 valence electrons. The zero-order valence-corrected chi connectivity index (χ0v) is 12.6. The number of nitrogens with two attached hydrogens (primary N) is 1. The average Bonchev–Trinajstić information content (AvgIpc) is 2.97. The summed E-state index contributed by atoms with van der Waals surface area (Å²) in [5.41, 5.74) is 6.19. The highest BCUT2D eigenvalue weighted by molar-refractivity contribution is 5.85. The molecular weight excluding hydrogens is 276 g/mol. The maximum atomic E-state index is 12.7. The lowest BCUT2D eigenvalue weighted by Gasteiger charge is -2.37. The molecule has 0 spiro atoms. The highest BCUT2D eigenvalue weighted by Crippen LogP contribution is 2.36. The van der Waals surface area contributed by atoms with Crippen molar-refractivity contribution in [3.8, 4) is 0 Å². The van der Waals surface area contributed by atoms with Crippen molar-refractivity contribution in [3.05, 3.63) is 18.5 Å². The van der Waals surface area contributed by atoms with Gasteiger partial charge in [-0.05, 0) is 37.2 Å². The minimum absolute atomic E-state index is 0. The molecule has 1 aliphatic heterocycles. The Hall–Kier alpha value is -1.07. The van der Waals surface area contributed by atoms with Crippen LogP contribution in [0.15, 0.2) is 18.5 Å². The molecule has 1 amide bonds. The van der Waals surface area contributed by atoms with Gasteiger partial charge in [0, 0.05) is 31.5 Å². The zero-order chi connectivity index (χ0) is 13.4. The predicted octanol–water partition coefficient (Wildman–Crippen LogP) is 1.45. The van der Waals surface area contributed by atoms with Crippen LogP contribution < -0.4 is 5.73 Å². The maximum Gasteiger partial charge on any atom is 0.247 e. The molecule has 6 heteroatoms. The van der Waals surface area contributed by atoms with Crippen molar-refractivity contribution in [1.82, 2.24) is 14.7 Å². The summed E-state index contributed by atoms with van der Waals surface area (Å²) < 4.78 is 1.78. The zero-order valence-electron chi connectivity index (χ0n) is 11.8. The van der Waals surface area contributed by atoms with Gasteiger partial charge in [0.1, 0.15) is 6.04 Å². The van der Waals surface area contributed by atoms with Crippen LogP contribution >= 0.6 is 12.4 Å². The van der Waals surface area contributed by atoms with Crippen molar-refractivity contribution in [2.75, 3.05) is 13.1 Å². The number of piperidine rings is 1. The summed E-state index contributed by atoms with van der Waals surface area (Å²) in [6.07, 6.45) is 6.73. The molecule has 5 nitrogen and oxygen atoms in total. The number of hydrogen-bond donors (Lipinski definition) is 1. The van der Waals surface area contributed by atoms with Crippen LogP contribution in [-0.2, 0) is 4.79 Å². The fourth-order valence-electron chi connectivity index (χ4n) is 3.60. The van der Waals surface area contributed by atoms with Gasteiger partial charge in [-0.25, -0.2) is 0 Å². The highest BCUT2D eigenvalue weighted by atomic mass is 35.5. The summed E-state index contributed by atoms with van der Waals surface area (Å²) in [6, 6.07) is 2.00. The molecule has 2 aliphatic rings. The van der Waals surface area contributed by atoms with Gasteiger partial charge in [0.25, 0.3) is 0 Å². The van der Waals surface area contributed by atoms with Crippen LogP contribution in [0.3, 0.4) is 0 Å². The molecule has 1 saturated carbocycles. The molecule has 0 aromatic carbocycles. The van der Waals surface area contributed by atoms with E-state index >= 15 is 0 Å². The van der Waals surface area contributed by atoms with Crippen molar-refractivity contribution >= 4 is 18.3 Å². The van der Waals surface area contributed by atoms with Gasteiger partial charge in [-0.3, -0.25) is 9.48 Å². The summed E-state index contributed by atoms with van der Waals surface area (Å²) in [7, 11) is 0. The Morgan fingerprint density at radius 1 is 1.40 bits per heavy atom. The molecule has 2 heterocycles. The Balaban J connectivity index is 0.00000147. The van der Waals surface area contributed by atoms with Gasteiger partial charge in [-0.15, -0.1) is 12.4 Å². The third-order valence-electron chi connectivity index (χ3n) is 4.73. The Morgan fingerprint density at radius 3 is 2.55 bits per heavy atom. The van der Waals surface area contributed by atoms with E-state index in [0.29, 0.717) is 17.9 Å². The van der Waals surface area contributed by atoms with E-state index in [4.69, 9.17) is 5.73 Å². The standard InChI is InChI=1S/C14H22N4O.ClH/c1-2-12(18-7-3-6-16-18)14(19)17-8-10-4-5-11(9-17)13(10)15;/h3,6-7,10-13H,2,4-5,8-9,15H2,1H3;1H/t10-,11+,12?,13?;. The minimum Gasteiger partial charge on any atom is -0.340 e. The van der Waals surface area contributed by atoms with E-state index < -0.39 is 0 Å². The van der Waals surface area contributed by atoms with Crippen molar-refractivity contribution in [3.63, 3.8) is 0 Å². The molecule has 20 heavy (non-hydrogen) atoms. The van der Waals surface area contributed by atoms with Crippen molar-refractivity contribution < 1.29 is 4.79 Å². The first-order valence-corrected chi connectivity index (χ1v) is 7.24. The molecule has 1 aromatic rings. The van der Waals surface area contributed by atoms with Gasteiger partial charge in [0.15, 0.2) is 0 Å². The molecular formula is C14H23ClN4O. The lowest BCUT2D eigenvalue weighted by molar-refractivity contribution is -0.137. The summed E-state index contributed by atoms with van der Waals surface area (Å²) in [6.45, 7) is 3.69. The first-order chi connectivity index (χ1) is 9.20. The molecule has 3 rings (SSSR count). The number of hydrogen-bond acceptors (Lipinski definition) is 3. The number of amides is 1. The molecule has 1 saturated heterocycles. The second-order valence-electron chi connectivity index (χ2n) is 5.83. The predicted molar refractivity (Wildman–Crippen MR) is 79.6 cm³/mol. The van der Waals surface area contributed by atoms with Crippen LogP contribution in [0.25, 0.3) is 0 Å². The van der Waals surface area contributed by atoms with E-state index in [1.165, 1.54) is 12.8 Å². The van der Waals surface area contributed by atoms with Gasteiger partial charge in [-0.1, -0.05) is 6.92 Å². The van der Waals surface area contributed by atoms with E-state index in [-0.39, 0.29) is 24.4 Å². The largest absolute Gasteiger partial charge is 0.340 e. The minimum atomic E-state index is -0.163. The molecule has 2 bridgehead atoms. The number of aromatic nitrogens is 2. The normalized spacial score (nSPS) is 29.9. The van der Waals surface area contributed by atoms with Crippen molar-refractivity contribution in [2.24, 2.45) is 17.6 Å². The number of fused-ring (bicyclic) bond motifs is 2. The molecule has 2 unspecified atom stereocenters. The Kier molecular flexibility index (Phi) is 4.70. The Morgan fingerprint density at radius 2 is 2.05 bits per heavy atom. The number of likely N-dealkylation sites (tertiary alicyclic amines) is 1. The van der Waals surface area contributed by atoms with E-state index in [1.54, 1.807) is 10.9 Å². The average molecular weight is 299 g/mol. The van der Waals surface area contributed by atoms with E-state index in [0.717, 1.165) is 19.5 Å². The lowest BCUT2D eigenvalue weighted by Crippen LogP contribution is -2.52. The molecule has 1 aliphatic carbocycles. The topological polar surface area (TPSA) is 64.2 Å². The second kappa shape index (κ2) is 6.14. The first-order valence-electron chi connectivity index (χ1n) is 7.24. The first kappa shape index (κ1) is 15.3. The van der Waals surface area contributed by atoms with Crippen LogP contribution in [0.1, 0.15) is 32.2 Å². The van der Waals surface area contributed by atoms with Crippen molar-refractivity contribution in [2.45, 2.75) is 38.3 Å². The van der Waals surface area contributed by atoms with Gasteiger partial charge >= 0.3 is 0 Å². The summed E-state index contributed by atoms with van der Waals surface area (Å²) in [5.74, 6) is 1.20. The van der Waals surface area contributed by atoms with E-state index in [1.807, 2.05) is 24.1 Å². The number of rotatable bonds is 3. The van der Waals surface area contributed by atoms with Crippen LogP contribution in [0.5, 0.6) is 0 Å². The number of nitrogens with zero attached hydrogens (tertiary/aromatic N) is 3. The van der Waals surface area contributed by atoms with E-state index in [2.05, 4.69) is 5.10 Å². The molecule has 2 N–H and O–H groups in total. The molecule has 4 atom stereocenters. The maximum absolute atomic E-state index is 12.7. The monoisotopic (exact) mass is 298 g/mol. The molecule has 0 radical (unpaired) electrons. The summed E-state index contributed by atoms with van der Waals surface area (Å²) >= 11 is 0. The van der Waals surface area contributed by atoms with Gasteiger partial charge in [0.05, 0.1) is 0 Å². The quantitative estimate of drug-likeness (QED) is 0.918. The number of carbonyl (C=O) groups is 1. The SMILES string of the molecule is CCC(C(=O)N1C[C@H]2CC[C@@H](C1)C2N)n1cccn1.Cl. The van der Waals surface area contributed by atoms with Gasteiger partial charge in [0.2, 0.25) is 5.91 Å². The Bertz CT molecular complexity index is 436. The molecule has 2 fully saturated rings. The summed E-state index contributed by atoms with van der Waals surface area (Å²) in [4.78, 5) is 14.7.